The topological polar surface area (TPSA) is 12.9 Å². The number of nitrogens with zero attached hydrogens (tertiary/aromatic N) is 1. The van der Waals surface area contributed by atoms with Crippen LogP contribution in [0.15, 0.2) is 66.9 Å². The van der Waals surface area contributed by atoms with Crippen molar-refractivity contribution in [1.29, 1.82) is 0 Å². The Labute approximate surface area is 216 Å². The summed E-state index contributed by atoms with van der Waals surface area (Å²) >= 11 is 0. The van der Waals surface area contributed by atoms with E-state index in [1.165, 1.54) is 13.8 Å². The Morgan fingerprint density at radius 1 is 0.714 bits per heavy atom. The first kappa shape index (κ1) is 25.1. The number of aromatic nitrogens is 1. The molecule has 0 fully saturated rings. The summed E-state index contributed by atoms with van der Waals surface area (Å²) in [5, 5.41) is 4.24. The molecular weight excluding hydrogens is 624 g/mol. The molecule has 179 valence electrons. The van der Waals surface area contributed by atoms with E-state index in [9.17, 15) is 13.2 Å². The fourth-order valence-corrected chi connectivity index (χ4v) is 4.99. The average molecular weight is 647 g/mol. The molecule has 35 heavy (non-hydrogen) atoms. The molecular formula is C30H23F3IrN-. The molecule has 0 saturated heterocycles. The summed E-state index contributed by atoms with van der Waals surface area (Å²) in [4.78, 5) is 4.66. The molecule has 0 N–H and O–H groups in total. The molecule has 0 unspecified atom stereocenters. The van der Waals surface area contributed by atoms with Gasteiger partial charge in [0.15, 0.2) is 0 Å². The van der Waals surface area contributed by atoms with Crippen molar-refractivity contribution < 1.29 is 33.3 Å². The van der Waals surface area contributed by atoms with E-state index in [1.54, 1.807) is 12.1 Å². The van der Waals surface area contributed by atoms with E-state index in [1.807, 2.05) is 37.4 Å². The zero-order chi connectivity index (χ0) is 24.2. The molecule has 5 rings (SSSR count). The molecule has 0 amide bonds. The number of aryl methyl sites for hydroxylation is 4. The second-order valence-corrected chi connectivity index (χ2v) is 8.99. The van der Waals surface area contributed by atoms with Crippen molar-refractivity contribution in [3.63, 3.8) is 0 Å². The Bertz CT molecular complexity index is 1540. The third-order valence-electron chi connectivity index (χ3n) is 6.31. The third-order valence-corrected chi connectivity index (χ3v) is 6.31. The normalized spacial score (nSPS) is 11.6. The van der Waals surface area contributed by atoms with Crippen molar-refractivity contribution in [2.75, 3.05) is 0 Å². The van der Waals surface area contributed by atoms with Crippen molar-refractivity contribution in [3.05, 3.63) is 101 Å². The van der Waals surface area contributed by atoms with Gasteiger partial charge >= 0.3 is 6.18 Å². The van der Waals surface area contributed by atoms with E-state index in [4.69, 9.17) is 0 Å². The summed E-state index contributed by atoms with van der Waals surface area (Å²) in [6, 6.07) is 23.0. The molecule has 1 heterocycles. The van der Waals surface area contributed by atoms with Crippen molar-refractivity contribution in [2.24, 2.45) is 0 Å². The van der Waals surface area contributed by atoms with Gasteiger partial charge in [-0.15, -0.1) is 34.9 Å². The van der Waals surface area contributed by atoms with E-state index < -0.39 is 11.7 Å². The van der Waals surface area contributed by atoms with Crippen molar-refractivity contribution >= 4 is 21.5 Å². The molecule has 0 spiro atoms. The van der Waals surface area contributed by atoms with E-state index in [2.05, 4.69) is 42.2 Å². The molecule has 1 nitrogen and oxygen atoms in total. The van der Waals surface area contributed by atoms with Gasteiger partial charge < -0.3 is 4.98 Å². The molecule has 0 aliphatic heterocycles. The molecule has 5 heteroatoms. The first-order valence-electron chi connectivity index (χ1n) is 11.1. The van der Waals surface area contributed by atoms with Crippen LogP contribution in [-0.4, -0.2) is 4.98 Å². The van der Waals surface area contributed by atoms with E-state index in [-0.39, 0.29) is 31.2 Å². The van der Waals surface area contributed by atoms with Crippen molar-refractivity contribution in [2.45, 2.75) is 33.9 Å². The maximum Gasteiger partial charge on any atom is 0.416 e. The van der Waals surface area contributed by atoms with Gasteiger partial charge in [-0.2, -0.15) is 13.2 Å². The largest absolute Gasteiger partial charge is 0.416 e. The zero-order valence-electron chi connectivity index (χ0n) is 19.8. The van der Waals surface area contributed by atoms with Crippen LogP contribution in [0.3, 0.4) is 0 Å². The number of hydrogen-bond donors (Lipinski definition) is 0. The second kappa shape index (κ2) is 9.22. The third kappa shape index (κ3) is 4.63. The van der Waals surface area contributed by atoms with Crippen LogP contribution in [0.25, 0.3) is 43.9 Å². The molecule has 0 saturated carbocycles. The second-order valence-electron chi connectivity index (χ2n) is 8.99. The summed E-state index contributed by atoms with van der Waals surface area (Å²) in [6.07, 6.45) is -2.53. The van der Waals surface area contributed by atoms with Crippen LogP contribution in [0.1, 0.15) is 27.8 Å². The summed E-state index contributed by atoms with van der Waals surface area (Å²) in [6.45, 7) is 7.14. The van der Waals surface area contributed by atoms with Gasteiger partial charge in [-0.25, -0.2) is 0 Å². The molecule has 5 aromatic rings. The van der Waals surface area contributed by atoms with Gasteiger partial charge in [-0.05, 0) is 75.5 Å². The molecule has 1 aromatic heterocycles. The maximum atomic E-state index is 13.4. The molecule has 0 aliphatic carbocycles. The van der Waals surface area contributed by atoms with Gasteiger partial charge in [0.25, 0.3) is 0 Å². The minimum absolute atomic E-state index is 0. The van der Waals surface area contributed by atoms with Crippen LogP contribution in [0.5, 0.6) is 0 Å². The SMILES string of the molecule is Cc1[c-]c(-c2nccc3c2ccc2cc(-c4cc(C)c(C(F)(F)F)c(C)c4)ccc23)cc(C)c1.[Ir]. The quantitative estimate of drug-likeness (QED) is 0.138. The minimum Gasteiger partial charge on any atom is -0.304 e. The fourth-order valence-electron chi connectivity index (χ4n) is 4.99. The first-order valence-corrected chi connectivity index (χ1v) is 11.1. The molecule has 0 bridgehead atoms. The number of benzene rings is 4. The zero-order valence-corrected chi connectivity index (χ0v) is 22.2. The van der Waals surface area contributed by atoms with Gasteiger partial charge in [0.05, 0.1) is 5.56 Å². The summed E-state index contributed by atoms with van der Waals surface area (Å²) in [7, 11) is 0. The Morgan fingerprint density at radius 2 is 1.40 bits per heavy atom. The maximum absolute atomic E-state index is 13.4. The van der Waals surface area contributed by atoms with Crippen LogP contribution >= 0.6 is 0 Å². The Morgan fingerprint density at radius 3 is 2.06 bits per heavy atom. The predicted octanol–water partition coefficient (Wildman–Crippen LogP) is 8.77. The van der Waals surface area contributed by atoms with E-state index in [0.717, 1.165) is 55.1 Å². The molecule has 1 radical (unpaired) electrons. The van der Waals surface area contributed by atoms with Gasteiger partial charge in [0.2, 0.25) is 0 Å². The van der Waals surface area contributed by atoms with E-state index in [0.29, 0.717) is 0 Å². The summed E-state index contributed by atoms with van der Waals surface area (Å²) in [5.41, 5.74) is 5.70. The molecule has 4 aromatic carbocycles. The number of rotatable bonds is 2. The Balaban J connectivity index is 0.00000289. The minimum atomic E-state index is -4.35. The number of hydrogen-bond acceptors (Lipinski definition) is 1. The van der Waals surface area contributed by atoms with Gasteiger partial charge in [0, 0.05) is 26.3 Å². The van der Waals surface area contributed by atoms with Crippen LogP contribution in [-0.2, 0) is 26.3 Å². The first-order chi connectivity index (χ1) is 16.1. The summed E-state index contributed by atoms with van der Waals surface area (Å²) < 4.78 is 40.2. The van der Waals surface area contributed by atoms with Crippen LogP contribution in [0, 0.1) is 33.8 Å². The average Bonchev–Trinajstić information content (AvgIpc) is 2.76. The van der Waals surface area contributed by atoms with Crippen LogP contribution in [0.2, 0.25) is 0 Å². The summed E-state index contributed by atoms with van der Waals surface area (Å²) in [5.74, 6) is 0. The van der Waals surface area contributed by atoms with Gasteiger partial charge in [-0.1, -0.05) is 50.2 Å². The van der Waals surface area contributed by atoms with Gasteiger partial charge in [-0.3, -0.25) is 0 Å². The predicted molar refractivity (Wildman–Crippen MR) is 133 cm³/mol. The standard InChI is InChI=1S/C30H23F3N.Ir/c1-17-11-18(2)13-24(12-17)29-27-8-6-22-16-21(5-7-25(22)26(27)9-10-34-29)23-14-19(3)28(20(4)15-23)30(31,32)33;/h5-12,14-16H,1-4H3;/q-1;. The fraction of sp³-hybridized carbons (Fsp3) is 0.167. The number of alkyl halides is 3. The Hall–Kier alpha value is -3.01. The van der Waals surface area contributed by atoms with E-state index >= 15 is 0 Å². The molecule has 0 aliphatic rings. The Kier molecular flexibility index (Phi) is 6.61. The number of pyridine rings is 1. The number of fused-ring (bicyclic) bond motifs is 3. The van der Waals surface area contributed by atoms with Crippen LogP contribution < -0.4 is 0 Å². The van der Waals surface area contributed by atoms with Gasteiger partial charge in [0.1, 0.15) is 0 Å². The van der Waals surface area contributed by atoms with Crippen molar-refractivity contribution in [3.8, 4) is 22.4 Å². The van der Waals surface area contributed by atoms with Crippen molar-refractivity contribution in [1.82, 2.24) is 4.98 Å². The molecule has 0 atom stereocenters. The van der Waals surface area contributed by atoms with Crippen LogP contribution in [0.4, 0.5) is 13.2 Å². The smallest absolute Gasteiger partial charge is 0.304 e. The monoisotopic (exact) mass is 647 g/mol. The number of halogens is 3.